The van der Waals surface area contributed by atoms with Crippen LogP contribution < -0.4 is 20.1 Å². The number of amides is 1. The fourth-order valence-electron chi connectivity index (χ4n) is 4.06. The molecule has 0 saturated carbocycles. The number of fused-ring (bicyclic) bond motifs is 1. The van der Waals surface area contributed by atoms with E-state index in [0.29, 0.717) is 54.0 Å². The summed E-state index contributed by atoms with van der Waals surface area (Å²) < 4.78 is 37.8. The number of piperidine rings is 1. The molecule has 0 atom stereocenters. The number of benzene rings is 2. The Morgan fingerprint density at radius 1 is 1.03 bits per heavy atom. The average Bonchev–Trinajstić information content (AvgIpc) is 2.82. The molecule has 1 aliphatic rings. The Morgan fingerprint density at radius 3 is 2.25 bits per heavy atom. The molecule has 2 aromatic carbocycles. The summed E-state index contributed by atoms with van der Waals surface area (Å²) in [5, 5.41) is 0.677. The molecule has 8 nitrogen and oxygen atoms in total. The number of nitrogens with two attached hydrogens (primary N) is 1. The number of nitrogens with zero attached hydrogens (tertiary/aromatic N) is 2. The molecule has 3 aromatic rings. The lowest BCUT2D eigenvalue weighted by atomic mass is 9.95. The third-order valence-electron chi connectivity index (χ3n) is 5.89. The van der Waals surface area contributed by atoms with Gasteiger partial charge in [0.05, 0.1) is 30.3 Å². The highest BCUT2D eigenvalue weighted by Crippen LogP contribution is 2.39. The number of carbonyl (C=O) groups excluding carboxylic acids is 1. The topological polar surface area (TPSA) is 112 Å². The first-order valence-electron chi connectivity index (χ1n) is 10.3. The zero-order valence-electron chi connectivity index (χ0n) is 17.9. The Balaban J connectivity index is 1.88. The molecule has 1 aliphatic heterocycles. The van der Waals surface area contributed by atoms with E-state index in [1.54, 1.807) is 37.4 Å². The number of anilines is 1. The number of primary amides is 1. The summed E-state index contributed by atoms with van der Waals surface area (Å²) in [5.41, 5.74) is 6.71. The fraction of sp³-hybridized carbons (Fsp3) is 0.304. The Kier molecular flexibility index (Phi) is 5.92. The van der Waals surface area contributed by atoms with Crippen molar-refractivity contribution in [2.24, 2.45) is 11.7 Å². The minimum Gasteiger partial charge on any atom is -0.497 e. The van der Waals surface area contributed by atoms with Gasteiger partial charge in [0, 0.05) is 30.6 Å². The van der Waals surface area contributed by atoms with Crippen LogP contribution in [0.1, 0.15) is 12.8 Å². The van der Waals surface area contributed by atoms with Gasteiger partial charge in [0.25, 0.3) is 0 Å². The standard InChI is InChI=1S/C23H25N3O5S/c1-30-16-3-6-18(7-4-16)32(28,29)21-14-25-20-8-5-17(31-2)13-19(20)22(21)26-11-9-15(10-12-26)23(24)27/h3-8,13-15H,9-12H2,1-2H3,(H2,24,27). The monoisotopic (exact) mass is 455 g/mol. The van der Waals surface area contributed by atoms with Gasteiger partial charge in [-0.15, -0.1) is 0 Å². The van der Waals surface area contributed by atoms with E-state index in [-0.39, 0.29) is 21.6 Å². The van der Waals surface area contributed by atoms with Crippen molar-refractivity contribution in [2.45, 2.75) is 22.6 Å². The van der Waals surface area contributed by atoms with E-state index in [4.69, 9.17) is 15.2 Å². The summed E-state index contributed by atoms with van der Waals surface area (Å²) in [6, 6.07) is 11.7. The normalized spacial score (nSPS) is 15.0. The number of sulfone groups is 1. The first kappa shape index (κ1) is 21.9. The number of aromatic nitrogens is 1. The number of ether oxygens (including phenoxy) is 2. The Morgan fingerprint density at radius 2 is 1.66 bits per heavy atom. The third kappa shape index (κ3) is 3.95. The largest absolute Gasteiger partial charge is 0.497 e. The minimum atomic E-state index is -3.88. The van der Waals surface area contributed by atoms with Crippen molar-refractivity contribution in [3.05, 3.63) is 48.7 Å². The summed E-state index contributed by atoms with van der Waals surface area (Å²) in [7, 11) is -0.791. The van der Waals surface area contributed by atoms with Crippen molar-refractivity contribution < 1.29 is 22.7 Å². The fourth-order valence-corrected chi connectivity index (χ4v) is 5.49. The van der Waals surface area contributed by atoms with Gasteiger partial charge in [0.15, 0.2) is 0 Å². The number of carbonyl (C=O) groups is 1. The molecular weight excluding hydrogens is 430 g/mol. The SMILES string of the molecule is COc1ccc(S(=O)(=O)c2cnc3ccc(OC)cc3c2N2CCC(C(N)=O)CC2)cc1. The maximum atomic E-state index is 13.7. The molecule has 2 heterocycles. The van der Waals surface area contributed by atoms with Crippen LogP contribution in [0.2, 0.25) is 0 Å². The second kappa shape index (κ2) is 8.66. The van der Waals surface area contributed by atoms with Crippen LogP contribution in [0.5, 0.6) is 11.5 Å². The molecule has 0 aliphatic carbocycles. The molecule has 9 heteroatoms. The summed E-state index contributed by atoms with van der Waals surface area (Å²) in [6.07, 6.45) is 2.53. The van der Waals surface area contributed by atoms with E-state index in [1.165, 1.54) is 25.4 Å². The van der Waals surface area contributed by atoms with E-state index in [1.807, 2.05) is 4.90 Å². The maximum Gasteiger partial charge on any atom is 0.220 e. The van der Waals surface area contributed by atoms with Gasteiger partial charge in [-0.25, -0.2) is 8.42 Å². The van der Waals surface area contributed by atoms with Gasteiger partial charge in [-0.2, -0.15) is 0 Å². The number of hydrogen-bond donors (Lipinski definition) is 1. The molecule has 168 valence electrons. The Labute approximate surface area is 186 Å². The molecular formula is C23H25N3O5S. The number of methoxy groups -OCH3 is 2. The van der Waals surface area contributed by atoms with Gasteiger partial charge >= 0.3 is 0 Å². The minimum absolute atomic E-state index is 0.112. The second-order valence-electron chi connectivity index (χ2n) is 7.70. The van der Waals surface area contributed by atoms with Crippen LogP contribution in [0, 0.1) is 5.92 Å². The van der Waals surface area contributed by atoms with Crippen molar-refractivity contribution in [1.29, 1.82) is 0 Å². The van der Waals surface area contributed by atoms with Gasteiger partial charge in [0.2, 0.25) is 15.7 Å². The summed E-state index contributed by atoms with van der Waals surface area (Å²) in [6.45, 7) is 1.02. The average molecular weight is 456 g/mol. The Hall–Kier alpha value is -3.33. The predicted octanol–water partition coefficient (Wildman–Crippen LogP) is 2.79. The quantitative estimate of drug-likeness (QED) is 0.608. The molecule has 4 rings (SSSR count). The maximum absolute atomic E-state index is 13.7. The second-order valence-corrected chi connectivity index (χ2v) is 9.61. The zero-order chi connectivity index (χ0) is 22.9. The molecule has 0 unspecified atom stereocenters. The summed E-state index contributed by atoms with van der Waals surface area (Å²) in [5.74, 6) is 0.637. The van der Waals surface area contributed by atoms with Gasteiger partial charge in [0.1, 0.15) is 16.4 Å². The Bertz CT molecular complexity index is 1250. The molecule has 1 fully saturated rings. The molecule has 1 aromatic heterocycles. The highest BCUT2D eigenvalue weighted by molar-refractivity contribution is 7.91. The smallest absolute Gasteiger partial charge is 0.220 e. The summed E-state index contributed by atoms with van der Waals surface area (Å²) >= 11 is 0. The highest BCUT2D eigenvalue weighted by atomic mass is 32.2. The number of pyridine rings is 1. The van der Waals surface area contributed by atoms with Gasteiger partial charge in [-0.05, 0) is 55.3 Å². The lowest BCUT2D eigenvalue weighted by Gasteiger charge is -2.34. The van der Waals surface area contributed by atoms with Gasteiger partial charge < -0.3 is 20.1 Å². The zero-order valence-corrected chi connectivity index (χ0v) is 18.8. The van der Waals surface area contributed by atoms with Crippen molar-refractivity contribution >= 4 is 32.3 Å². The molecule has 1 amide bonds. The van der Waals surface area contributed by atoms with E-state index in [9.17, 15) is 13.2 Å². The van der Waals surface area contributed by atoms with Crippen LogP contribution in [-0.2, 0) is 14.6 Å². The van der Waals surface area contributed by atoms with Gasteiger partial charge in [-0.1, -0.05) is 0 Å². The summed E-state index contributed by atoms with van der Waals surface area (Å²) in [4.78, 5) is 18.3. The number of rotatable bonds is 6. The van der Waals surface area contributed by atoms with Crippen LogP contribution in [0.25, 0.3) is 10.9 Å². The van der Waals surface area contributed by atoms with Crippen molar-refractivity contribution in [2.75, 3.05) is 32.2 Å². The molecule has 0 spiro atoms. The van der Waals surface area contributed by atoms with Crippen LogP contribution >= 0.6 is 0 Å². The van der Waals surface area contributed by atoms with Crippen molar-refractivity contribution in [1.82, 2.24) is 4.98 Å². The van der Waals surface area contributed by atoms with Crippen molar-refractivity contribution in [3.8, 4) is 11.5 Å². The first-order chi connectivity index (χ1) is 15.3. The van der Waals surface area contributed by atoms with E-state index < -0.39 is 9.84 Å². The predicted molar refractivity (Wildman–Crippen MR) is 121 cm³/mol. The van der Waals surface area contributed by atoms with E-state index in [0.717, 1.165) is 0 Å². The van der Waals surface area contributed by atoms with Crippen LogP contribution in [0.15, 0.2) is 58.5 Å². The lowest BCUT2D eigenvalue weighted by Crippen LogP contribution is -2.39. The molecule has 0 bridgehead atoms. The third-order valence-corrected chi connectivity index (χ3v) is 7.66. The lowest BCUT2D eigenvalue weighted by molar-refractivity contribution is -0.122. The first-order valence-corrected chi connectivity index (χ1v) is 11.7. The number of hydrogen-bond acceptors (Lipinski definition) is 7. The van der Waals surface area contributed by atoms with Crippen LogP contribution in [0.3, 0.4) is 0 Å². The van der Waals surface area contributed by atoms with E-state index in [2.05, 4.69) is 4.98 Å². The van der Waals surface area contributed by atoms with Crippen LogP contribution in [0.4, 0.5) is 5.69 Å². The molecule has 0 radical (unpaired) electrons. The van der Waals surface area contributed by atoms with Gasteiger partial charge in [-0.3, -0.25) is 9.78 Å². The molecule has 1 saturated heterocycles. The molecule has 32 heavy (non-hydrogen) atoms. The van der Waals surface area contributed by atoms with Crippen molar-refractivity contribution in [3.63, 3.8) is 0 Å². The van der Waals surface area contributed by atoms with E-state index >= 15 is 0 Å². The highest BCUT2D eigenvalue weighted by Gasteiger charge is 2.30. The van der Waals surface area contributed by atoms with Crippen LogP contribution in [-0.4, -0.2) is 46.6 Å². The molecule has 2 N–H and O–H groups in total.